The van der Waals surface area contributed by atoms with Crippen LogP contribution < -0.4 is 4.90 Å². The fourth-order valence-electron chi connectivity index (χ4n) is 2.23. The first-order valence-corrected chi connectivity index (χ1v) is 6.97. The lowest BCUT2D eigenvalue weighted by molar-refractivity contribution is -0.0661. The van der Waals surface area contributed by atoms with E-state index in [0.717, 1.165) is 48.9 Å². The van der Waals surface area contributed by atoms with Gasteiger partial charge < -0.3 is 9.64 Å². The van der Waals surface area contributed by atoms with Crippen molar-refractivity contribution in [2.24, 2.45) is 0 Å². The maximum Gasteiger partial charge on any atom is 0.151 e. The molecule has 5 nitrogen and oxygen atoms in total. The number of rotatable bonds is 2. The van der Waals surface area contributed by atoms with Gasteiger partial charge in [-0.15, -0.1) is 10.2 Å². The first-order valence-electron chi connectivity index (χ1n) is 5.89. The Morgan fingerprint density at radius 2 is 1.88 bits per heavy atom. The van der Waals surface area contributed by atoms with Crippen molar-refractivity contribution in [1.82, 2.24) is 15.1 Å². The molecule has 0 aromatic carbocycles. The molecule has 2 aliphatic heterocycles. The fraction of sp³-hybridized carbons (Fsp3) is 0.636. The monoisotopic (exact) mass is 346 g/mol. The maximum atomic E-state index is 5.23. The van der Waals surface area contributed by atoms with Gasteiger partial charge in [-0.3, -0.25) is 4.90 Å². The molecule has 0 N–H and O–H groups in total. The molecule has 0 bridgehead atoms. The highest BCUT2D eigenvalue weighted by molar-refractivity contribution is 14.1. The number of hydrogen-bond acceptors (Lipinski definition) is 5. The van der Waals surface area contributed by atoms with Crippen LogP contribution in [-0.2, 0) is 4.74 Å². The first kappa shape index (κ1) is 11.6. The molecule has 17 heavy (non-hydrogen) atoms. The zero-order valence-electron chi connectivity index (χ0n) is 9.55. The van der Waals surface area contributed by atoms with E-state index in [4.69, 9.17) is 4.74 Å². The number of anilines is 1. The van der Waals surface area contributed by atoms with Crippen molar-refractivity contribution in [3.8, 4) is 0 Å². The lowest BCUT2D eigenvalue weighted by Gasteiger charge is -2.42. The van der Waals surface area contributed by atoms with Gasteiger partial charge in [0.25, 0.3) is 0 Å². The molecule has 0 radical (unpaired) electrons. The Kier molecular flexibility index (Phi) is 3.44. The standard InChI is InChI=1S/C11H15IN4O/c12-10-1-2-11(14-13-10)16-5-3-15(4-6-16)9-7-17-8-9/h1-2,9H,3-8H2. The maximum absolute atomic E-state index is 5.23. The van der Waals surface area contributed by atoms with Crippen molar-refractivity contribution in [3.63, 3.8) is 0 Å². The molecular weight excluding hydrogens is 331 g/mol. The number of halogens is 1. The summed E-state index contributed by atoms with van der Waals surface area (Å²) < 4.78 is 6.18. The van der Waals surface area contributed by atoms with Crippen molar-refractivity contribution in [3.05, 3.63) is 15.8 Å². The first-order chi connectivity index (χ1) is 8.33. The largest absolute Gasteiger partial charge is 0.378 e. The Balaban J connectivity index is 1.58. The second kappa shape index (κ2) is 5.03. The van der Waals surface area contributed by atoms with E-state index in [2.05, 4.69) is 48.7 Å². The SMILES string of the molecule is Ic1ccc(N2CCN(C3COC3)CC2)nn1. The summed E-state index contributed by atoms with van der Waals surface area (Å²) in [6, 6.07) is 4.71. The molecule has 1 aromatic heterocycles. The number of nitrogens with zero attached hydrogens (tertiary/aromatic N) is 4. The topological polar surface area (TPSA) is 41.5 Å². The minimum absolute atomic E-state index is 0.653. The van der Waals surface area contributed by atoms with Crippen molar-refractivity contribution >= 4 is 28.4 Å². The van der Waals surface area contributed by atoms with Gasteiger partial charge in [0.05, 0.1) is 19.3 Å². The summed E-state index contributed by atoms with van der Waals surface area (Å²) in [6.07, 6.45) is 0. The molecule has 0 aliphatic carbocycles. The molecule has 2 saturated heterocycles. The van der Waals surface area contributed by atoms with Crippen LogP contribution in [0.25, 0.3) is 0 Å². The predicted octanol–water partition coefficient (Wildman–Crippen LogP) is 0.602. The lowest BCUT2D eigenvalue weighted by Crippen LogP contribution is -2.56. The van der Waals surface area contributed by atoms with E-state index < -0.39 is 0 Å². The number of ether oxygens (including phenoxy) is 1. The molecule has 0 saturated carbocycles. The molecule has 3 rings (SSSR count). The molecule has 0 amide bonds. The Hall–Kier alpha value is -0.470. The highest BCUT2D eigenvalue weighted by Gasteiger charge is 2.29. The summed E-state index contributed by atoms with van der Waals surface area (Å²) in [5.41, 5.74) is 0. The van der Waals surface area contributed by atoms with Crippen LogP contribution in [0.5, 0.6) is 0 Å². The van der Waals surface area contributed by atoms with E-state index in [0.29, 0.717) is 6.04 Å². The molecule has 3 heterocycles. The predicted molar refractivity (Wildman–Crippen MR) is 73.1 cm³/mol. The lowest BCUT2D eigenvalue weighted by atomic mass is 10.2. The Morgan fingerprint density at radius 1 is 1.12 bits per heavy atom. The van der Waals surface area contributed by atoms with Gasteiger partial charge in [-0.2, -0.15) is 0 Å². The molecule has 2 fully saturated rings. The zero-order chi connectivity index (χ0) is 11.7. The van der Waals surface area contributed by atoms with Crippen LogP contribution in [0, 0.1) is 3.70 Å². The number of hydrogen-bond donors (Lipinski definition) is 0. The van der Waals surface area contributed by atoms with Gasteiger partial charge in [-0.25, -0.2) is 0 Å². The van der Waals surface area contributed by atoms with Crippen LogP contribution in [0.1, 0.15) is 0 Å². The third kappa shape index (κ3) is 2.53. The average Bonchev–Trinajstić information content (AvgIpc) is 2.29. The normalized spacial score (nSPS) is 22.5. The third-order valence-corrected chi connectivity index (χ3v) is 3.97. The highest BCUT2D eigenvalue weighted by atomic mass is 127. The van der Waals surface area contributed by atoms with Crippen molar-refractivity contribution < 1.29 is 4.74 Å². The molecule has 0 unspecified atom stereocenters. The van der Waals surface area contributed by atoms with Crippen molar-refractivity contribution in [2.75, 3.05) is 44.3 Å². The molecule has 1 aromatic rings. The molecule has 2 aliphatic rings. The summed E-state index contributed by atoms with van der Waals surface area (Å²) in [5, 5.41) is 8.33. The van der Waals surface area contributed by atoms with Crippen LogP contribution in [0.2, 0.25) is 0 Å². The van der Waals surface area contributed by atoms with Gasteiger partial charge >= 0.3 is 0 Å². The van der Waals surface area contributed by atoms with Crippen LogP contribution in [0.4, 0.5) is 5.82 Å². The van der Waals surface area contributed by atoms with E-state index in [1.54, 1.807) is 0 Å². The minimum atomic E-state index is 0.653. The molecule has 0 atom stereocenters. The van der Waals surface area contributed by atoms with Gasteiger partial charge in [-0.1, -0.05) is 0 Å². The van der Waals surface area contributed by atoms with Gasteiger partial charge in [0, 0.05) is 26.2 Å². The van der Waals surface area contributed by atoms with Crippen LogP contribution in [0.15, 0.2) is 12.1 Å². The minimum Gasteiger partial charge on any atom is -0.378 e. The summed E-state index contributed by atoms with van der Waals surface area (Å²) in [4.78, 5) is 4.82. The van der Waals surface area contributed by atoms with Crippen LogP contribution in [0.3, 0.4) is 0 Å². The van der Waals surface area contributed by atoms with Crippen molar-refractivity contribution in [2.45, 2.75) is 6.04 Å². The van der Waals surface area contributed by atoms with Gasteiger partial charge in [0.2, 0.25) is 0 Å². The zero-order valence-corrected chi connectivity index (χ0v) is 11.7. The van der Waals surface area contributed by atoms with Crippen molar-refractivity contribution in [1.29, 1.82) is 0 Å². The van der Waals surface area contributed by atoms with Gasteiger partial charge in [0.1, 0.15) is 3.70 Å². The highest BCUT2D eigenvalue weighted by Crippen LogP contribution is 2.17. The summed E-state index contributed by atoms with van der Waals surface area (Å²) in [5.74, 6) is 0.995. The van der Waals surface area contributed by atoms with E-state index in [1.165, 1.54) is 0 Å². The summed E-state index contributed by atoms with van der Waals surface area (Å²) in [6.45, 7) is 6.08. The quantitative estimate of drug-likeness (QED) is 0.734. The fourth-order valence-corrected chi connectivity index (χ4v) is 2.52. The molecular formula is C11H15IN4O. The second-order valence-electron chi connectivity index (χ2n) is 4.43. The Bertz CT molecular complexity index is 374. The van der Waals surface area contributed by atoms with E-state index in [9.17, 15) is 0 Å². The van der Waals surface area contributed by atoms with Gasteiger partial charge in [-0.05, 0) is 34.7 Å². The summed E-state index contributed by atoms with van der Waals surface area (Å²) >= 11 is 2.18. The molecule has 6 heteroatoms. The smallest absolute Gasteiger partial charge is 0.151 e. The number of piperazine rings is 1. The van der Waals surface area contributed by atoms with E-state index in [-0.39, 0.29) is 0 Å². The van der Waals surface area contributed by atoms with E-state index >= 15 is 0 Å². The van der Waals surface area contributed by atoms with Crippen LogP contribution in [-0.4, -0.2) is 60.5 Å². The van der Waals surface area contributed by atoms with E-state index in [1.807, 2.05) is 6.07 Å². The molecule has 0 spiro atoms. The average molecular weight is 346 g/mol. The van der Waals surface area contributed by atoms with Gasteiger partial charge in [0.15, 0.2) is 5.82 Å². The Labute approximate surface area is 114 Å². The summed E-state index contributed by atoms with van der Waals surface area (Å²) in [7, 11) is 0. The number of aromatic nitrogens is 2. The van der Waals surface area contributed by atoms with Crippen LogP contribution >= 0.6 is 22.6 Å². The second-order valence-corrected chi connectivity index (χ2v) is 5.53. The molecule has 92 valence electrons. The Morgan fingerprint density at radius 3 is 2.41 bits per heavy atom. The third-order valence-electron chi connectivity index (χ3n) is 3.39.